The summed E-state index contributed by atoms with van der Waals surface area (Å²) in [5, 5.41) is 8.52. The lowest BCUT2D eigenvalue weighted by Crippen LogP contribution is -2.40. The Hall–Kier alpha value is -1.69. The van der Waals surface area contributed by atoms with Crippen molar-refractivity contribution in [1.82, 2.24) is 24.7 Å². The van der Waals surface area contributed by atoms with Gasteiger partial charge in [0.25, 0.3) is 0 Å². The van der Waals surface area contributed by atoms with Crippen molar-refractivity contribution < 1.29 is 0 Å². The first-order valence-electron chi connectivity index (χ1n) is 6.34. The lowest BCUT2D eigenvalue weighted by molar-refractivity contribution is 0.497. The van der Waals surface area contributed by atoms with Gasteiger partial charge in [0.05, 0.1) is 12.2 Å². The van der Waals surface area contributed by atoms with Gasteiger partial charge in [-0.05, 0) is 31.9 Å². The van der Waals surface area contributed by atoms with Crippen molar-refractivity contribution in [1.29, 1.82) is 0 Å². The van der Waals surface area contributed by atoms with Crippen LogP contribution in [0.3, 0.4) is 0 Å². The van der Waals surface area contributed by atoms with E-state index in [2.05, 4.69) is 45.8 Å². The van der Waals surface area contributed by atoms with Crippen LogP contribution in [0, 0.1) is 0 Å². The average Bonchev–Trinajstić information content (AvgIpc) is 2.85. The fourth-order valence-electron chi connectivity index (χ4n) is 2.62. The number of fused-ring (bicyclic) bond motifs is 3. The third-order valence-corrected chi connectivity index (χ3v) is 3.56. The molecular weight excluding hydrogens is 264 g/mol. The Kier molecular flexibility index (Phi) is 2.89. The average molecular weight is 279 g/mol. The van der Waals surface area contributed by atoms with Gasteiger partial charge >= 0.3 is 0 Å². The predicted octanol–water partition coefficient (Wildman–Crippen LogP) is 2.39. The van der Waals surface area contributed by atoms with E-state index >= 15 is 0 Å². The van der Waals surface area contributed by atoms with Crippen LogP contribution in [0.25, 0.3) is 5.69 Å². The normalized spacial score (nSPS) is 17.5. The van der Waals surface area contributed by atoms with E-state index in [-0.39, 0.29) is 11.3 Å². The molecule has 0 aliphatic carbocycles. The molecule has 19 heavy (non-hydrogen) atoms. The standard InChI is InChI=1S/C12H15ClN6/c1-4-8-11-17-15-6-18(11)9-5-14-12(13)16-10(9)19(8)7(2)3/h5-8H,4H2,1-3H3/t8-/m1/s1. The fourth-order valence-corrected chi connectivity index (χ4v) is 2.75. The third kappa shape index (κ3) is 1.78. The van der Waals surface area contributed by atoms with E-state index < -0.39 is 0 Å². The van der Waals surface area contributed by atoms with Gasteiger partial charge in [0, 0.05) is 6.04 Å². The van der Waals surface area contributed by atoms with Crippen LogP contribution in [-0.2, 0) is 0 Å². The molecule has 3 rings (SSSR count). The van der Waals surface area contributed by atoms with Crippen LogP contribution in [0.1, 0.15) is 39.1 Å². The topological polar surface area (TPSA) is 59.7 Å². The van der Waals surface area contributed by atoms with Crippen molar-refractivity contribution in [2.75, 3.05) is 4.90 Å². The molecule has 0 saturated heterocycles. The number of nitrogens with zero attached hydrogens (tertiary/aromatic N) is 6. The maximum absolute atomic E-state index is 5.95. The summed E-state index contributed by atoms with van der Waals surface area (Å²) in [6, 6.07) is 0.445. The molecule has 1 atom stereocenters. The van der Waals surface area contributed by atoms with E-state index in [1.54, 1.807) is 12.5 Å². The SMILES string of the molecule is CC[C@@H]1c2nncn2-c2cnc(Cl)nc2N1C(C)C. The number of anilines is 1. The van der Waals surface area contributed by atoms with E-state index in [1.807, 2.05) is 4.57 Å². The Morgan fingerprint density at radius 1 is 1.42 bits per heavy atom. The van der Waals surface area contributed by atoms with Crippen molar-refractivity contribution in [2.24, 2.45) is 0 Å². The van der Waals surface area contributed by atoms with Gasteiger partial charge in [-0.2, -0.15) is 4.98 Å². The number of aromatic nitrogens is 5. The number of hydrogen-bond donors (Lipinski definition) is 0. The molecule has 0 fully saturated rings. The summed E-state index contributed by atoms with van der Waals surface area (Å²) in [5.41, 5.74) is 0.878. The maximum atomic E-state index is 5.95. The molecule has 0 radical (unpaired) electrons. The Labute approximate surface area is 116 Å². The van der Waals surface area contributed by atoms with Crippen molar-refractivity contribution in [3.63, 3.8) is 0 Å². The molecule has 7 heteroatoms. The highest BCUT2D eigenvalue weighted by Gasteiger charge is 2.34. The molecule has 6 nitrogen and oxygen atoms in total. The summed E-state index contributed by atoms with van der Waals surface area (Å²) < 4.78 is 1.94. The molecule has 1 aliphatic heterocycles. The van der Waals surface area contributed by atoms with Gasteiger partial charge in [-0.25, -0.2) is 4.98 Å². The first-order valence-corrected chi connectivity index (χ1v) is 6.72. The van der Waals surface area contributed by atoms with E-state index in [4.69, 9.17) is 11.6 Å². The van der Waals surface area contributed by atoms with Crippen LogP contribution in [0.2, 0.25) is 5.28 Å². The van der Waals surface area contributed by atoms with E-state index in [1.165, 1.54) is 0 Å². The smallest absolute Gasteiger partial charge is 0.224 e. The molecule has 3 heterocycles. The Balaban J connectivity index is 2.27. The molecule has 0 N–H and O–H groups in total. The summed E-state index contributed by atoms with van der Waals surface area (Å²) in [6.45, 7) is 6.40. The van der Waals surface area contributed by atoms with E-state index in [0.717, 1.165) is 23.8 Å². The summed E-state index contributed by atoms with van der Waals surface area (Å²) in [6.07, 6.45) is 4.35. The van der Waals surface area contributed by atoms with Gasteiger partial charge in [0.15, 0.2) is 11.6 Å². The lowest BCUT2D eigenvalue weighted by atomic mass is 10.1. The van der Waals surface area contributed by atoms with Gasteiger partial charge in [-0.15, -0.1) is 10.2 Å². The Morgan fingerprint density at radius 3 is 2.89 bits per heavy atom. The zero-order chi connectivity index (χ0) is 13.6. The second-order valence-corrected chi connectivity index (χ2v) is 5.17. The summed E-state index contributed by atoms with van der Waals surface area (Å²) in [4.78, 5) is 10.7. The van der Waals surface area contributed by atoms with Crippen molar-refractivity contribution >= 4 is 17.4 Å². The van der Waals surface area contributed by atoms with Gasteiger partial charge in [-0.1, -0.05) is 6.92 Å². The molecular formula is C12H15ClN6. The molecule has 0 saturated carbocycles. The van der Waals surface area contributed by atoms with Crippen molar-refractivity contribution in [3.05, 3.63) is 23.6 Å². The van der Waals surface area contributed by atoms with Crippen LogP contribution in [-0.4, -0.2) is 30.8 Å². The second kappa shape index (κ2) is 4.45. The first-order chi connectivity index (χ1) is 9.13. The molecule has 0 aromatic carbocycles. The van der Waals surface area contributed by atoms with Crippen LogP contribution in [0.5, 0.6) is 0 Å². The minimum absolute atomic E-state index is 0.154. The first kappa shape index (κ1) is 12.3. The summed E-state index contributed by atoms with van der Waals surface area (Å²) in [7, 11) is 0. The molecule has 0 amide bonds. The van der Waals surface area contributed by atoms with Crippen molar-refractivity contribution in [2.45, 2.75) is 39.3 Å². The highest BCUT2D eigenvalue weighted by atomic mass is 35.5. The quantitative estimate of drug-likeness (QED) is 0.790. The molecule has 0 spiro atoms. The highest BCUT2D eigenvalue weighted by Crippen LogP contribution is 2.39. The molecule has 0 bridgehead atoms. The number of halogens is 1. The molecule has 2 aromatic heterocycles. The number of hydrogen-bond acceptors (Lipinski definition) is 5. The van der Waals surface area contributed by atoms with E-state index in [9.17, 15) is 0 Å². The highest BCUT2D eigenvalue weighted by molar-refractivity contribution is 6.28. The minimum Gasteiger partial charge on any atom is -0.342 e. The van der Waals surface area contributed by atoms with Crippen LogP contribution < -0.4 is 4.90 Å². The van der Waals surface area contributed by atoms with Gasteiger partial charge in [0.1, 0.15) is 12.0 Å². The van der Waals surface area contributed by atoms with Gasteiger partial charge in [0.2, 0.25) is 5.28 Å². The van der Waals surface area contributed by atoms with E-state index in [0.29, 0.717) is 6.04 Å². The Morgan fingerprint density at radius 2 is 2.21 bits per heavy atom. The van der Waals surface area contributed by atoms with Crippen LogP contribution in [0.15, 0.2) is 12.5 Å². The lowest BCUT2D eigenvalue weighted by Gasteiger charge is -2.39. The predicted molar refractivity (Wildman–Crippen MR) is 72.6 cm³/mol. The minimum atomic E-state index is 0.154. The van der Waals surface area contributed by atoms with Crippen LogP contribution in [0.4, 0.5) is 5.82 Å². The summed E-state index contributed by atoms with van der Waals surface area (Å²) in [5.74, 6) is 1.77. The van der Waals surface area contributed by atoms with Gasteiger partial charge < -0.3 is 4.90 Å². The Bertz CT molecular complexity index is 608. The zero-order valence-electron chi connectivity index (χ0n) is 11.1. The maximum Gasteiger partial charge on any atom is 0.224 e. The fraction of sp³-hybridized carbons (Fsp3) is 0.500. The number of rotatable bonds is 2. The largest absolute Gasteiger partial charge is 0.342 e. The molecule has 0 unspecified atom stereocenters. The monoisotopic (exact) mass is 278 g/mol. The van der Waals surface area contributed by atoms with Crippen LogP contribution >= 0.6 is 11.6 Å². The third-order valence-electron chi connectivity index (χ3n) is 3.38. The van der Waals surface area contributed by atoms with Crippen molar-refractivity contribution in [3.8, 4) is 5.69 Å². The summed E-state index contributed by atoms with van der Waals surface area (Å²) >= 11 is 5.95. The molecule has 100 valence electrons. The molecule has 2 aromatic rings. The molecule has 1 aliphatic rings. The zero-order valence-corrected chi connectivity index (χ0v) is 11.8. The van der Waals surface area contributed by atoms with Gasteiger partial charge in [-0.3, -0.25) is 4.57 Å². The second-order valence-electron chi connectivity index (χ2n) is 4.83.